The summed E-state index contributed by atoms with van der Waals surface area (Å²) in [6, 6.07) is 0. The first-order chi connectivity index (χ1) is 13.1. The zero-order valence-electron chi connectivity index (χ0n) is 17.7. The number of rotatable bonds is 20. The molecule has 27 heavy (non-hydrogen) atoms. The molecule has 0 aromatic heterocycles. The minimum absolute atomic E-state index is 0.159. The lowest BCUT2D eigenvalue weighted by Gasteiger charge is -2.13. The molecule has 0 fully saturated rings. The van der Waals surface area contributed by atoms with Gasteiger partial charge in [0, 0.05) is 6.54 Å². The third kappa shape index (κ3) is 19.3. The van der Waals surface area contributed by atoms with Gasteiger partial charge >= 0.3 is 5.97 Å². The number of unbranched alkanes of at least 4 members (excludes halogenated alkanes) is 15. The van der Waals surface area contributed by atoms with E-state index in [4.69, 9.17) is 16.2 Å². The molecule has 0 aliphatic carbocycles. The van der Waals surface area contributed by atoms with Crippen LogP contribution in [0.25, 0.3) is 0 Å². The second-order valence-electron chi connectivity index (χ2n) is 7.92. The SMILES string of the molecule is CCCCCCCCCCCCCCCCCCC(CNC(=N)N)C(=O)O. The summed E-state index contributed by atoms with van der Waals surface area (Å²) in [7, 11) is 0. The second-order valence-corrected chi connectivity index (χ2v) is 7.92. The third-order valence-corrected chi connectivity index (χ3v) is 5.29. The number of carboxylic acids is 1. The van der Waals surface area contributed by atoms with E-state index >= 15 is 0 Å². The lowest BCUT2D eigenvalue weighted by molar-refractivity contribution is -0.141. The minimum atomic E-state index is -0.801. The van der Waals surface area contributed by atoms with E-state index < -0.39 is 11.9 Å². The van der Waals surface area contributed by atoms with Gasteiger partial charge in [0.25, 0.3) is 0 Å². The van der Waals surface area contributed by atoms with Crippen molar-refractivity contribution < 1.29 is 9.90 Å². The number of aliphatic carboxylic acids is 1. The summed E-state index contributed by atoms with van der Waals surface area (Å²) in [5, 5.41) is 18.9. The topological polar surface area (TPSA) is 99.2 Å². The molecule has 0 saturated carbocycles. The van der Waals surface area contributed by atoms with Crippen LogP contribution in [0.3, 0.4) is 0 Å². The predicted octanol–water partition coefficient (Wildman–Crippen LogP) is 5.82. The summed E-state index contributed by atoms with van der Waals surface area (Å²) < 4.78 is 0. The van der Waals surface area contributed by atoms with Gasteiger partial charge in [0.15, 0.2) is 5.96 Å². The van der Waals surface area contributed by atoms with Crippen molar-refractivity contribution in [2.24, 2.45) is 11.7 Å². The van der Waals surface area contributed by atoms with Crippen molar-refractivity contribution in [3.05, 3.63) is 0 Å². The highest BCUT2D eigenvalue weighted by Gasteiger charge is 2.16. The molecule has 0 heterocycles. The van der Waals surface area contributed by atoms with Crippen LogP contribution in [0, 0.1) is 11.3 Å². The Kier molecular flexibility index (Phi) is 18.6. The highest BCUT2D eigenvalue weighted by molar-refractivity contribution is 5.76. The van der Waals surface area contributed by atoms with Gasteiger partial charge in [0.2, 0.25) is 0 Å². The Hall–Kier alpha value is -1.26. The van der Waals surface area contributed by atoms with Gasteiger partial charge in [-0.25, -0.2) is 0 Å². The first kappa shape index (κ1) is 25.7. The van der Waals surface area contributed by atoms with E-state index in [0.29, 0.717) is 6.42 Å². The molecular weight excluding hydrogens is 338 g/mol. The van der Waals surface area contributed by atoms with E-state index in [-0.39, 0.29) is 12.5 Å². The quantitative estimate of drug-likeness (QED) is 0.121. The van der Waals surface area contributed by atoms with Gasteiger partial charge in [-0.3, -0.25) is 10.2 Å². The van der Waals surface area contributed by atoms with Gasteiger partial charge in [0.1, 0.15) is 0 Å². The number of nitrogens with one attached hydrogen (secondary N) is 2. The average molecular weight is 384 g/mol. The van der Waals surface area contributed by atoms with Crippen LogP contribution in [-0.2, 0) is 4.79 Å². The van der Waals surface area contributed by atoms with E-state index in [1.165, 1.54) is 89.9 Å². The molecule has 0 aliphatic heterocycles. The summed E-state index contributed by atoms with van der Waals surface area (Å²) >= 11 is 0. The number of carboxylic acid groups (broad SMARTS) is 1. The molecule has 1 atom stereocenters. The van der Waals surface area contributed by atoms with Crippen molar-refractivity contribution in [1.82, 2.24) is 5.32 Å². The molecule has 0 radical (unpaired) electrons. The molecule has 0 saturated heterocycles. The summed E-state index contributed by atoms with van der Waals surface area (Å²) in [5.74, 6) is -1.40. The van der Waals surface area contributed by atoms with Crippen molar-refractivity contribution in [2.45, 2.75) is 116 Å². The molecule has 5 nitrogen and oxygen atoms in total. The lowest BCUT2D eigenvalue weighted by Crippen LogP contribution is -2.36. The van der Waals surface area contributed by atoms with Crippen molar-refractivity contribution >= 4 is 11.9 Å². The Balaban J connectivity index is 3.30. The van der Waals surface area contributed by atoms with E-state index in [1.54, 1.807) is 0 Å². The summed E-state index contributed by atoms with van der Waals surface area (Å²) in [4.78, 5) is 11.2. The largest absolute Gasteiger partial charge is 0.481 e. The lowest BCUT2D eigenvalue weighted by atomic mass is 9.99. The van der Waals surface area contributed by atoms with Crippen LogP contribution < -0.4 is 11.1 Å². The van der Waals surface area contributed by atoms with E-state index in [9.17, 15) is 4.79 Å². The van der Waals surface area contributed by atoms with Gasteiger partial charge in [0.05, 0.1) is 5.92 Å². The number of nitrogens with two attached hydrogens (primary N) is 1. The maximum atomic E-state index is 11.2. The number of hydrogen-bond acceptors (Lipinski definition) is 2. The minimum Gasteiger partial charge on any atom is -0.481 e. The maximum absolute atomic E-state index is 11.2. The number of carbonyl (C=O) groups is 1. The van der Waals surface area contributed by atoms with Crippen LogP contribution >= 0.6 is 0 Å². The highest BCUT2D eigenvalue weighted by Crippen LogP contribution is 2.15. The molecule has 0 aliphatic rings. The Morgan fingerprint density at radius 2 is 1.19 bits per heavy atom. The summed E-state index contributed by atoms with van der Waals surface area (Å²) in [5.41, 5.74) is 5.21. The first-order valence-electron chi connectivity index (χ1n) is 11.4. The van der Waals surface area contributed by atoms with Gasteiger partial charge < -0.3 is 16.2 Å². The Morgan fingerprint density at radius 1 is 0.815 bits per heavy atom. The zero-order valence-corrected chi connectivity index (χ0v) is 17.7. The summed E-state index contributed by atoms with van der Waals surface area (Å²) in [6.07, 6.45) is 21.8. The second kappa shape index (κ2) is 19.5. The molecule has 0 rings (SSSR count). The molecular formula is C22H45N3O2. The monoisotopic (exact) mass is 383 g/mol. The highest BCUT2D eigenvalue weighted by atomic mass is 16.4. The van der Waals surface area contributed by atoms with Gasteiger partial charge in [-0.05, 0) is 6.42 Å². The molecule has 0 aromatic rings. The maximum Gasteiger partial charge on any atom is 0.308 e. The van der Waals surface area contributed by atoms with Crippen LogP contribution in [0.1, 0.15) is 116 Å². The smallest absolute Gasteiger partial charge is 0.308 e. The molecule has 5 N–H and O–H groups in total. The van der Waals surface area contributed by atoms with Crippen molar-refractivity contribution in [3.63, 3.8) is 0 Å². The Morgan fingerprint density at radius 3 is 1.52 bits per heavy atom. The van der Waals surface area contributed by atoms with E-state index in [2.05, 4.69) is 12.2 Å². The molecule has 0 bridgehead atoms. The third-order valence-electron chi connectivity index (χ3n) is 5.29. The van der Waals surface area contributed by atoms with Crippen LogP contribution in [0.5, 0.6) is 0 Å². The molecule has 0 spiro atoms. The van der Waals surface area contributed by atoms with E-state index in [0.717, 1.165) is 12.8 Å². The fourth-order valence-electron chi connectivity index (χ4n) is 3.48. The van der Waals surface area contributed by atoms with Gasteiger partial charge in [-0.2, -0.15) is 0 Å². The average Bonchev–Trinajstić information content (AvgIpc) is 2.63. The normalized spacial score (nSPS) is 12.0. The van der Waals surface area contributed by atoms with Crippen LogP contribution in [0.4, 0.5) is 0 Å². The van der Waals surface area contributed by atoms with Crippen molar-refractivity contribution in [1.29, 1.82) is 5.41 Å². The Bertz CT molecular complexity index is 361. The summed E-state index contributed by atoms with van der Waals surface area (Å²) in [6.45, 7) is 2.52. The molecule has 5 heteroatoms. The molecule has 0 aromatic carbocycles. The van der Waals surface area contributed by atoms with Gasteiger partial charge in [-0.15, -0.1) is 0 Å². The van der Waals surface area contributed by atoms with Gasteiger partial charge in [-0.1, -0.05) is 110 Å². The van der Waals surface area contributed by atoms with Crippen LogP contribution in [-0.4, -0.2) is 23.6 Å². The predicted molar refractivity (Wildman–Crippen MR) is 115 cm³/mol. The number of hydrogen-bond donors (Lipinski definition) is 4. The van der Waals surface area contributed by atoms with E-state index in [1.807, 2.05) is 0 Å². The number of guanidine groups is 1. The Labute approximate surface area is 167 Å². The zero-order chi connectivity index (χ0) is 20.2. The fourth-order valence-corrected chi connectivity index (χ4v) is 3.48. The standard InChI is InChI=1S/C22H45N3O2/c1-2-3-4-5-6-7-8-9-10-11-12-13-14-15-16-17-18-20(21(26)27)19-25-22(23)24/h20H,2-19H2,1H3,(H,26,27)(H4,23,24,25). The first-order valence-corrected chi connectivity index (χ1v) is 11.4. The molecule has 1 unspecified atom stereocenters. The van der Waals surface area contributed by atoms with Crippen molar-refractivity contribution in [3.8, 4) is 0 Å². The fraction of sp³-hybridized carbons (Fsp3) is 0.909. The van der Waals surface area contributed by atoms with Crippen LogP contribution in [0.15, 0.2) is 0 Å². The molecule has 0 amide bonds. The molecule has 160 valence electrons. The van der Waals surface area contributed by atoms with Crippen molar-refractivity contribution in [2.75, 3.05) is 6.54 Å². The van der Waals surface area contributed by atoms with Crippen LogP contribution in [0.2, 0.25) is 0 Å².